The van der Waals surface area contributed by atoms with E-state index in [9.17, 15) is 22.6 Å². The molecule has 3 aromatic carbocycles. The lowest BCUT2D eigenvalue weighted by molar-refractivity contribution is -0.659. The molecule has 1 atom stereocenters. The number of ether oxygens (including phenoxy) is 4. The first kappa shape index (κ1) is 43.9. The van der Waals surface area contributed by atoms with E-state index in [1.54, 1.807) is 0 Å². The lowest BCUT2D eigenvalue weighted by Crippen LogP contribution is -2.37. The number of benzene rings is 3. The molecule has 0 bridgehead atoms. The minimum absolute atomic E-state index is 0.0273. The molecule has 0 aliphatic heterocycles. The summed E-state index contributed by atoms with van der Waals surface area (Å²) in [4.78, 5) is 27.2. The summed E-state index contributed by atoms with van der Waals surface area (Å²) in [6.45, 7) is 5.14. The molecular formula is C39H51N7O9S. The molecule has 0 saturated heterocycles. The van der Waals surface area contributed by atoms with Gasteiger partial charge < -0.3 is 39.9 Å². The molecule has 0 aliphatic rings. The largest absolute Gasteiger partial charge is 0.748 e. The van der Waals surface area contributed by atoms with Gasteiger partial charge in [-0.3, -0.25) is 9.59 Å². The maximum atomic E-state index is 12.5. The summed E-state index contributed by atoms with van der Waals surface area (Å²) in [5.41, 5.74) is 19.6. The van der Waals surface area contributed by atoms with Gasteiger partial charge in [-0.1, -0.05) is 35.4 Å². The summed E-state index contributed by atoms with van der Waals surface area (Å²) < 4.78 is 56.2. The molecule has 4 N–H and O–H groups in total. The van der Waals surface area contributed by atoms with Crippen LogP contribution in [0.2, 0.25) is 0 Å². The van der Waals surface area contributed by atoms with E-state index >= 15 is 0 Å². The lowest BCUT2D eigenvalue weighted by Gasteiger charge is -2.15. The fourth-order valence-corrected chi connectivity index (χ4v) is 6.88. The molecule has 4 rings (SSSR count). The van der Waals surface area contributed by atoms with Crippen molar-refractivity contribution in [1.29, 1.82) is 0 Å². The minimum Gasteiger partial charge on any atom is -0.748 e. The van der Waals surface area contributed by atoms with Crippen LogP contribution in [0.25, 0.3) is 43.4 Å². The van der Waals surface area contributed by atoms with Crippen LogP contribution >= 0.6 is 0 Å². The Morgan fingerprint density at radius 2 is 1.48 bits per heavy atom. The number of anilines is 1. The Bertz CT molecular complexity index is 2050. The summed E-state index contributed by atoms with van der Waals surface area (Å²) in [5.74, 6) is -1.08. The lowest BCUT2D eigenvalue weighted by atomic mass is 9.98. The number of nitrogens with zero attached hydrogens (tertiary/aromatic N) is 4. The molecule has 0 saturated carbocycles. The van der Waals surface area contributed by atoms with Crippen molar-refractivity contribution >= 4 is 55.0 Å². The first-order valence-electron chi connectivity index (χ1n) is 18.7. The van der Waals surface area contributed by atoms with Crippen LogP contribution in [-0.4, -0.2) is 96.0 Å². The molecule has 1 aromatic heterocycles. The fraction of sp³-hybridized carbons (Fsp3) is 0.462. The predicted octanol–water partition coefficient (Wildman–Crippen LogP) is 4.65. The zero-order valence-corrected chi connectivity index (χ0v) is 32.5. The quantitative estimate of drug-likeness (QED) is 0.0116. The third kappa shape index (κ3) is 15.0. The van der Waals surface area contributed by atoms with Crippen LogP contribution in [0.5, 0.6) is 0 Å². The van der Waals surface area contributed by atoms with Crippen molar-refractivity contribution in [2.45, 2.75) is 51.6 Å². The van der Waals surface area contributed by atoms with Gasteiger partial charge in [0.15, 0.2) is 0 Å². The number of aryl methyl sites for hydroxylation is 1. The molecule has 1 heterocycles. The van der Waals surface area contributed by atoms with Gasteiger partial charge in [-0.15, -0.1) is 0 Å². The number of nitrogens with one attached hydrogen (secondary N) is 2. The number of carbonyl (C=O) groups excluding carboxylic acids is 2. The van der Waals surface area contributed by atoms with Gasteiger partial charge in [0.25, 0.3) is 0 Å². The van der Waals surface area contributed by atoms with E-state index < -0.39 is 27.8 Å². The smallest absolute Gasteiger partial charge is 0.222 e. The monoisotopic (exact) mass is 793 g/mol. The topological polar surface area (TPSA) is 231 Å². The standard InChI is InChI=1S/C39H51N7O9S/c1-29(28-56(49,50)51)43-38(48)15-18-52-20-22-54-24-25-55-23-21-53-19-16-42-37(47)10-6-3-7-17-46-36-27-32(44-45-41)12-14-34(36)33-13-11-31(40)26-35(33)39(46)30-8-4-2-5-9-30/h2,4-5,8-9,11-14,26-27,29H,3,6-7,10,15-25,28,40H2,1H3,(H2-,42,43,47,48,49,50,51)/t29-/m1/s1. The number of azide groups is 1. The van der Waals surface area contributed by atoms with Gasteiger partial charge in [0.2, 0.25) is 23.0 Å². The van der Waals surface area contributed by atoms with Crippen LogP contribution in [0.3, 0.4) is 0 Å². The molecule has 56 heavy (non-hydrogen) atoms. The van der Waals surface area contributed by atoms with Crippen molar-refractivity contribution in [2.24, 2.45) is 5.11 Å². The molecule has 0 spiro atoms. The molecular weight excluding hydrogens is 743 g/mol. The number of aromatic nitrogens is 1. The summed E-state index contributed by atoms with van der Waals surface area (Å²) in [5, 5.41) is 12.3. The van der Waals surface area contributed by atoms with Crippen molar-refractivity contribution in [3.8, 4) is 11.3 Å². The molecule has 0 radical (unpaired) electrons. The van der Waals surface area contributed by atoms with Gasteiger partial charge in [-0.2, -0.15) is 4.57 Å². The van der Waals surface area contributed by atoms with E-state index in [2.05, 4.69) is 37.4 Å². The third-order valence-electron chi connectivity index (χ3n) is 8.64. The minimum atomic E-state index is -4.40. The van der Waals surface area contributed by atoms with E-state index in [1.165, 1.54) is 6.92 Å². The maximum Gasteiger partial charge on any atom is 0.222 e. The van der Waals surface area contributed by atoms with Crippen molar-refractivity contribution in [1.82, 2.24) is 10.6 Å². The van der Waals surface area contributed by atoms with Gasteiger partial charge in [-0.25, -0.2) is 8.42 Å². The van der Waals surface area contributed by atoms with Gasteiger partial charge in [-0.05, 0) is 55.6 Å². The molecule has 0 fully saturated rings. The summed E-state index contributed by atoms with van der Waals surface area (Å²) in [6.07, 6.45) is 2.85. The number of nitrogen functional groups attached to an aromatic ring is 1. The number of carbonyl (C=O) groups is 2. The van der Waals surface area contributed by atoms with Gasteiger partial charge in [0.1, 0.15) is 6.54 Å². The van der Waals surface area contributed by atoms with Crippen molar-refractivity contribution in [3.63, 3.8) is 0 Å². The molecule has 0 unspecified atom stereocenters. The van der Waals surface area contributed by atoms with Crippen LogP contribution < -0.4 is 20.9 Å². The van der Waals surface area contributed by atoms with E-state index in [1.807, 2.05) is 54.6 Å². The highest BCUT2D eigenvalue weighted by Crippen LogP contribution is 2.34. The maximum absolute atomic E-state index is 12.5. The Hall–Kier alpha value is -4.87. The predicted molar refractivity (Wildman–Crippen MR) is 212 cm³/mol. The Morgan fingerprint density at radius 3 is 2.16 bits per heavy atom. The van der Waals surface area contributed by atoms with Crippen LogP contribution in [0.4, 0.5) is 11.4 Å². The number of hydrogen-bond donors (Lipinski definition) is 3. The van der Waals surface area contributed by atoms with E-state index in [-0.39, 0.29) is 25.5 Å². The Labute approximate surface area is 327 Å². The second kappa shape index (κ2) is 23.3. The third-order valence-corrected chi connectivity index (χ3v) is 9.55. The number of nitrogens with two attached hydrogens (primary N) is 1. The van der Waals surface area contributed by atoms with Gasteiger partial charge >= 0.3 is 0 Å². The average Bonchev–Trinajstić information content (AvgIpc) is 3.15. The zero-order valence-electron chi connectivity index (χ0n) is 31.7. The average molecular weight is 794 g/mol. The second-order valence-electron chi connectivity index (χ2n) is 13.1. The van der Waals surface area contributed by atoms with E-state index in [0.717, 1.165) is 52.2 Å². The number of unbranched alkanes of at least 4 members (excludes halogenated alkanes) is 2. The van der Waals surface area contributed by atoms with Crippen molar-refractivity contribution in [2.75, 3.05) is 70.9 Å². The van der Waals surface area contributed by atoms with Gasteiger partial charge in [0.05, 0.1) is 79.5 Å². The summed E-state index contributed by atoms with van der Waals surface area (Å²) in [6, 6.07) is 21.1. The molecule has 2 amide bonds. The Balaban J connectivity index is 1.08. The number of rotatable bonds is 26. The van der Waals surface area contributed by atoms with E-state index in [4.69, 9.17) is 30.2 Å². The van der Waals surface area contributed by atoms with E-state index in [0.29, 0.717) is 70.5 Å². The van der Waals surface area contributed by atoms with Crippen LogP contribution in [0, 0.1) is 0 Å². The molecule has 302 valence electrons. The molecule has 0 aliphatic carbocycles. The zero-order chi connectivity index (χ0) is 40.2. The van der Waals surface area contributed by atoms with Crippen molar-refractivity contribution in [3.05, 3.63) is 77.2 Å². The SMILES string of the molecule is C[C@H](CS(=O)(=O)[O-])NC(=O)CCOCCOCCOCCOCCNC(=O)CCCCC[n+]1c(-c2ccccc2)c2cc(N)ccc2c2ccc(N=[N+]=[N-])cc21. The van der Waals surface area contributed by atoms with Gasteiger partial charge in [0, 0.05) is 65.2 Å². The fourth-order valence-electron chi connectivity index (χ4n) is 6.19. The number of hydrogen-bond acceptors (Lipinski definition) is 11. The Kier molecular flexibility index (Phi) is 18.2. The van der Waals surface area contributed by atoms with Crippen LogP contribution in [0.1, 0.15) is 39.0 Å². The van der Waals surface area contributed by atoms with Crippen LogP contribution in [0.15, 0.2) is 71.8 Å². The first-order valence-corrected chi connectivity index (χ1v) is 20.2. The molecule has 4 aromatic rings. The Morgan fingerprint density at radius 1 is 0.821 bits per heavy atom. The normalized spacial score (nSPS) is 12.0. The highest BCUT2D eigenvalue weighted by Gasteiger charge is 2.23. The summed E-state index contributed by atoms with van der Waals surface area (Å²) in [7, 11) is -4.40. The second-order valence-corrected chi connectivity index (χ2v) is 14.6. The molecule has 16 nitrogen and oxygen atoms in total. The first-order chi connectivity index (χ1) is 27.1. The highest BCUT2D eigenvalue weighted by molar-refractivity contribution is 7.85. The number of fused-ring (bicyclic) bond motifs is 3. The summed E-state index contributed by atoms with van der Waals surface area (Å²) >= 11 is 0. The number of pyridine rings is 1. The number of amides is 2. The van der Waals surface area contributed by atoms with Crippen LogP contribution in [-0.2, 0) is 45.2 Å². The highest BCUT2D eigenvalue weighted by atomic mass is 32.2. The van der Waals surface area contributed by atoms with Crippen molar-refractivity contribution < 1.29 is 46.1 Å². The molecule has 17 heteroatoms.